The zero-order valence-corrected chi connectivity index (χ0v) is 8.11. The van der Waals surface area contributed by atoms with Crippen LogP contribution in [0.2, 0.25) is 0 Å². The summed E-state index contributed by atoms with van der Waals surface area (Å²) in [5.74, 6) is 0.158. The normalized spacial score (nSPS) is 10.5. The van der Waals surface area contributed by atoms with E-state index in [4.69, 9.17) is 10.3 Å². The van der Waals surface area contributed by atoms with Gasteiger partial charge in [0.15, 0.2) is 5.76 Å². The van der Waals surface area contributed by atoms with Gasteiger partial charge in [-0.15, -0.1) is 0 Å². The smallest absolute Gasteiger partial charge is 0.172 e. The lowest BCUT2D eigenvalue weighted by molar-refractivity contribution is 0.429. The van der Waals surface area contributed by atoms with Gasteiger partial charge >= 0.3 is 0 Å². The van der Waals surface area contributed by atoms with Crippen molar-refractivity contribution in [3.63, 3.8) is 0 Å². The molecular formula is C11H11FN2O. The second kappa shape index (κ2) is 4.23. The summed E-state index contributed by atoms with van der Waals surface area (Å²) in [6.45, 7) is 0.489. The molecule has 0 aliphatic rings. The summed E-state index contributed by atoms with van der Waals surface area (Å²) in [5, 5.41) is 3.66. The van der Waals surface area contributed by atoms with Crippen LogP contribution >= 0.6 is 0 Å². The van der Waals surface area contributed by atoms with Gasteiger partial charge in [0.2, 0.25) is 0 Å². The summed E-state index contributed by atoms with van der Waals surface area (Å²) < 4.78 is 18.5. The average molecular weight is 206 g/mol. The highest BCUT2D eigenvalue weighted by molar-refractivity contribution is 5.61. The summed E-state index contributed by atoms with van der Waals surface area (Å²) in [6.07, 6.45) is 2.21. The molecule has 4 heteroatoms. The fourth-order valence-corrected chi connectivity index (χ4v) is 1.46. The zero-order chi connectivity index (χ0) is 10.7. The molecule has 0 unspecified atom stereocenters. The van der Waals surface area contributed by atoms with Crippen molar-refractivity contribution in [2.75, 3.05) is 6.54 Å². The number of hydrogen-bond donors (Lipinski definition) is 1. The molecule has 0 aliphatic carbocycles. The van der Waals surface area contributed by atoms with Gasteiger partial charge in [-0.1, -0.05) is 17.3 Å². The van der Waals surface area contributed by atoms with Gasteiger partial charge in [0.05, 0.1) is 11.8 Å². The van der Waals surface area contributed by atoms with Gasteiger partial charge < -0.3 is 10.3 Å². The van der Waals surface area contributed by atoms with Gasteiger partial charge in [0.1, 0.15) is 5.82 Å². The summed E-state index contributed by atoms with van der Waals surface area (Å²) >= 11 is 0. The lowest BCUT2D eigenvalue weighted by atomic mass is 10.1. The van der Waals surface area contributed by atoms with Gasteiger partial charge in [-0.2, -0.15) is 0 Å². The molecule has 0 amide bonds. The molecule has 2 rings (SSSR count). The SMILES string of the molecule is NCCc1cnoc1-c1ccccc1F. The Balaban J connectivity index is 2.45. The molecule has 0 fully saturated rings. The van der Waals surface area contributed by atoms with Crippen LogP contribution < -0.4 is 5.73 Å². The summed E-state index contributed by atoms with van der Waals surface area (Å²) in [5.41, 5.74) is 6.71. The number of benzene rings is 1. The van der Waals surface area contributed by atoms with Gasteiger partial charge in [0.25, 0.3) is 0 Å². The van der Waals surface area contributed by atoms with Gasteiger partial charge in [-0.25, -0.2) is 4.39 Å². The lowest BCUT2D eigenvalue weighted by Gasteiger charge is -2.00. The van der Waals surface area contributed by atoms with E-state index < -0.39 is 0 Å². The molecule has 0 radical (unpaired) electrons. The van der Waals surface area contributed by atoms with E-state index in [0.29, 0.717) is 24.3 Å². The third-order valence-corrected chi connectivity index (χ3v) is 2.18. The van der Waals surface area contributed by atoms with Crippen molar-refractivity contribution >= 4 is 0 Å². The van der Waals surface area contributed by atoms with E-state index in [0.717, 1.165) is 5.56 Å². The van der Waals surface area contributed by atoms with Crippen molar-refractivity contribution in [2.45, 2.75) is 6.42 Å². The molecule has 78 valence electrons. The summed E-state index contributed by atoms with van der Waals surface area (Å²) in [7, 11) is 0. The van der Waals surface area contributed by atoms with Crippen LogP contribution in [0.5, 0.6) is 0 Å². The zero-order valence-electron chi connectivity index (χ0n) is 8.11. The monoisotopic (exact) mass is 206 g/mol. The van der Waals surface area contributed by atoms with Crippen molar-refractivity contribution in [3.05, 3.63) is 41.8 Å². The molecule has 0 saturated carbocycles. The van der Waals surface area contributed by atoms with Crippen molar-refractivity contribution < 1.29 is 8.91 Å². The molecule has 0 aliphatic heterocycles. The van der Waals surface area contributed by atoms with Gasteiger partial charge in [-0.05, 0) is 25.1 Å². The molecule has 1 aromatic carbocycles. The molecule has 1 heterocycles. The fraction of sp³-hybridized carbons (Fsp3) is 0.182. The lowest BCUT2D eigenvalue weighted by Crippen LogP contribution is -2.02. The fourth-order valence-electron chi connectivity index (χ4n) is 1.46. The molecule has 1 aromatic heterocycles. The molecule has 2 aromatic rings. The Hall–Kier alpha value is -1.68. The van der Waals surface area contributed by atoms with E-state index in [1.807, 2.05) is 0 Å². The van der Waals surface area contributed by atoms with Crippen LogP contribution in [0.25, 0.3) is 11.3 Å². The predicted octanol–water partition coefficient (Wildman–Crippen LogP) is 1.98. The number of rotatable bonds is 3. The Morgan fingerprint density at radius 1 is 1.33 bits per heavy atom. The molecule has 3 nitrogen and oxygen atoms in total. The Morgan fingerprint density at radius 2 is 2.13 bits per heavy atom. The first kappa shape index (κ1) is 9.86. The van der Waals surface area contributed by atoms with Crippen LogP contribution in [0.15, 0.2) is 35.0 Å². The highest BCUT2D eigenvalue weighted by atomic mass is 19.1. The number of nitrogens with two attached hydrogens (primary N) is 1. The largest absolute Gasteiger partial charge is 0.356 e. The first-order chi connectivity index (χ1) is 7.33. The minimum absolute atomic E-state index is 0.312. The summed E-state index contributed by atoms with van der Waals surface area (Å²) in [4.78, 5) is 0. The molecule has 15 heavy (non-hydrogen) atoms. The van der Waals surface area contributed by atoms with Crippen molar-refractivity contribution in [1.82, 2.24) is 5.16 Å². The minimum atomic E-state index is -0.312. The van der Waals surface area contributed by atoms with Crippen molar-refractivity contribution in [1.29, 1.82) is 0 Å². The van der Waals surface area contributed by atoms with Crippen LogP contribution in [0.3, 0.4) is 0 Å². The highest BCUT2D eigenvalue weighted by Crippen LogP contribution is 2.25. The van der Waals surface area contributed by atoms with Crippen LogP contribution in [0.1, 0.15) is 5.56 Å². The maximum Gasteiger partial charge on any atom is 0.172 e. The molecule has 0 atom stereocenters. The third-order valence-electron chi connectivity index (χ3n) is 2.18. The number of halogens is 1. The van der Waals surface area contributed by atoms with E-state index in [2.05, 4.69) is 5.16 Å². The van der Waals surface area contributed by atoms with E-state index in [9.17, 15) is 4.39 Å². The van der Waals surface area contributed by atoms with Crippen LogP contribution in [-0.4, -0.2) is 11.7 Å². The van der Waals surface area contributed by atoms with Gasteiger partial charge in [0, 0.05) is 5.56 Å². The first-order valence-corrected chi connectivity index (χ1v) is 4.71. The van der Waals surface area contributed by atoms with Crippen molar-refractivity contribution in [3.8, 4) is 11.3 Å². The molecule has 0 spiro atoms. The highest BCUT2D eigenvalue weighted by Gasteiger charge is 2.13. The predicted molar refractivity (Wildman–Crippen MR) is 54.7 cm³/mol. The Labute approximate surface area is 86.7 Å². The second-order valence-electron chi connectivity index (χ2n) is 3.20. The Bertz CT molecular complexity index is 453. The van der Waals surface area contributed by atoms with Crippen LogP contribution in [0.4, 0.5) is 4.39 Å². The van der Waals surface area contributed by atoms with E-state index >= 15 is 0 Å². The maximum atomic E-state index is 13.5. The summed E-state index contributed by atoms with van der Waals surface area (Å²) in [6, 6.07) is 6.45. The Kier molecular flexibility index (Phi) is 2.78. The minimum Gasteiger partial charge on any atom is -0.356 e. The maximum absolute atomic E-state index is 13.5. The van der Waals surface area contributed by atoms with Crippen LogP contribution in [0, 0.1) is 5.82 Å². The number of nitrogens with zero attached hydrogens (tertiary/aromatic N) is 1. The first-order valence-electron chi connectivity index (χ1n) is 4.71. The third kappa shape index (κ3) is 1.89. The molecule has 2 N–H and O–H groups in total. The second-order valence-corrected chi connectivity index (χ2v) is 3.20. The van der Waals surface area contributed by atoms with Gasteiger partial charge in [-0.3, -0.25) is 0 Å². The van der Waals surface area contributed by atoms with E-state index in [-0.39, 0.29) is 5.82 Å². The van der Waals surface area contributed by atoms with E-state index in [1.165, 1.54) is 6.07 Å². The molecular weight excluding hydrogens is 195 g/mol. The molecule has 0 bridgehead atoms. The standard InChI is InChI=1S/C11H11FN2O/c12-10-4-2-1-3-9(10)11-8(5-6-13)7-14-15-11/h1-4,7H,5-6,13H2. The average Bonchev–Trinajstić information content (AvgIpc) is 2.67. The topological polar surface area (TPSA) is 52.0 Å². The van der Waals surface area contributed by atoms with E-state index in [1.54, 1.807) is 24.4 Å². The number of aromatic nitrogens is 1. The Morgan fingerprint density at radius 3 is 2.87 bits per heavy atom. The quantitative estimate of drug-likeness (QED) is 0.835. The van der Waals surface area contributed by atoms with Crippen molar-refractivity contribution in [2.24, 2.45) is 5.73 Å². The number of hydrogen-bond acceptors (Lipinski definition) is 3. The molecule has 0 saturated heterocycles. The van der Waals surface area contributed by atoms with Crippen LogP contribution in [-0.2, 0) is 6.42 Å².